The number of nitrogens with two attached hydrogens (primary N) is 1. The number of benzene rings is 1. The molecule has 6 nitrogen and oxygen atoms in total. The third kappa shape index (κ3) is 2.50. The molecule has 0 unspecified atom stereocenters. The van der Waals surface area contributed by atoms with Crippen LogP contribution in [-0.2, 0) is 0 Å². The van der Waals surface area contributed by atoms with E-state index in [1.54, 1.807) is 18.6 Å². The van der Waals surface area contributed by atoms with Gasteiger partial charge in [-0.25, -0.2) is 9.97 Å². The lowest BCUT2D eigenvalue weighted by atomic mass is 10.0. The van der Waals surface area contributed by atoms with Gasteiger partial charge in [0.15, 0.2) is 11.5 Å². The molecule has 0 bridgehead atoms. The highest BCUT2D eigenvalue weighted by Gasteiger charge is 2.17. The van der Waals surface area contributed by atoms with Gasteiger partial charge in [0.1, 0.15) is 0 Å². The zero-order valence-corrected chi connectivity index (χ0v) is 14.7. The molecule has 0 atom stereocenters. The first-order valence-electron chi connectivity index (χ1n) is 8.61. The second kappa shape index (κ2) is 5.88. The van der Waals surface area contributed by atoms with Crippen molar-refractivity contribution in [2.75, 3.05) is 5.73 Å². The van der Waals surface area contributed by atoms with Gasteiger partial charge in [-0.1, -0.05) is 12.1 Å². The summed E-state index contributed by atoms with van der Waals surface area (Å²) < 4.78 is 1.99. The van der Waals surface area contributed by atoms with E-state index in [2.05, 4.69) is 33.2 Å². The van der Waals surface area contributed by atoms with E-state index in [0.29, 0.717) is 11.5 Å². The van der Waals surface area contributed by atoms with Gasteiger partial charge in [-0.15, -0.1) is 0 Å². The van der Waals surface area contributed by atoms with Crippen molar-refractivity contribution in [1.29, 1.82) is 0 Å². The van der Waals surface area contributed by atoms with E-state index >= 15 is 0 Å². The van der Waals surface area contributed by atoms with E-state index < -0.39 is 0 Å². The lowest BCUT2D eigenvalue weighted by Crippen LogP contribution is -2.04. The van der Waals surface area contributed by atoms with Crippen LogP contribution >= 0.6 is 0 Å². The van der Waals surface area contributed by atoms with Crippen LogP contribution in [0.5, 0.6) is 0 Å². The topological polar surface area (TPSA) is 82.0 Å². The first-order chi connectivity index (χ1) is 13.2. The average Bonchev–Trinajstić information content (AvgIpc) is 3.18. The number of nitrogen functional groups attached to an aromatic ring is 1. The van der Waals surface area contributed by atoms with E-state index in [1.165, 1.54) is 0 Å². The van der Waals surface area contributed by atoms with E-state index in [9.17, 15) is 0 Å². The average molecular weight is 352 g/mol. The number of fused-ring (bicyclic) bond motifs is 2. The highest BCUT2D eigenvalue weighted by molar-refractivity contribution is 5.89. The minimum Gasteiger partial charge on any atom is -0.381 e. The van der Waals surface area contributed by atoms with Crippen molar-refractivity contribution in [3.05, 3.63) is 72.9 Å². The van der Waals surface area contributed by atoms with Crippen molar-refractivity contribution >= 4 is 22.4 Å². The van der Waals surface area contributed by atoms with E-state index in [4.69, 9.17) is 10.7 Å². The molecular weight excluding hydrogens is 336 g/mol. The Kier molecular flexibility index (Phi) is 3.36. The summed E-state index contributed by atoms with van der Waals surface area (Å²) in [6.45, 7) is 1.96. The second-order valence-corrected chi connectivity index (χ2v) is 6.41. The van der Waals surface area contributed by atoms with E-state index in [1.807, 2.05) is 41.8 Å². The first kappa shape index (κ1) is 15.5. The molecule has 0 saturated heterocycles. The number of imidazole rings is 1. The number of hydrogen-bond donors (Lipinski definition) is 1. The molecule has 1 aromatic carbocycles. The minimum atomic E-state index is 0.399. The van der Waals surface area contributed by atoms with Crippen LogP contribution < -0.4 is 5.73 Å². The lowest BCUT2D eigenvalue weighted by molar-refractivity contribution is 1.14. The van der Waals surface area contributed by atoms with Gasteiger partial charge in [-0.3, -0.25) is 14.4 Å². The molecule has 130 valence electrons. The van der Waals surface area contributed by atoms with E-state index in [0.717, 1.165) is 39.1 Å². The molecule has 0 fully saturated rings. The fraction of sp³-hybridized carbons (Fsp3) is 0.0476. The molecule has 0 amide bonds. The summed E-state index contributed by atoms with van der Waals surface area (Å²) in [5, 5.41) is 1.07. The predicted molar refractivity (Wildman–Crippen MR) is 106 cm³/mol. The molecule has 5 rings (SSSR count). The van der Waals surface area contributed by atoms with Crippen LogP contribution in [0, 0.1) is 6.92 Å². The van der Waals surface area contributed by atoms with Crippen LogP contribution in [0.2, 0.25) is 0 Å². The van der Waals surface area contributed by atoms with Crippen LogP contribution in [0.1, 0.15) is 5.69 Å². The molecule has 0 spiro atoms. The lowest BCUT2D eigenvalue weighted by Gasteiger charge is -2.14. The number of pyridine rings is 2. The summed E-state index contributed by atoms with van der Waals surface area (Å²) in [5.74, 6) is 0.399. The van der Waals surface area contributed by atoms with Crippen LogP contribution in [0.25, 0.3) is 39.1 Å². The van der Waals surface area contributed by atoms with Gasteiger partial charge in [0.2, 0.25) is 0 Å². The molecule has 0 aliphatic heterocycles. The largest absolute Gasteiger partial charge is 0.381 e. The van der Waals surface area contributed by atoms with Crippen LogP contribution in [0.15, 0.2) is 67.3 Å². The van der Waals surface area contributed by atoms with Gasteiger partial charge < -0.3 is 5.73 Å². The Labute approximate surface area is 155 Å². The Bertz CT molecular complexity index is 1300. The molecule has 0 saturated carbocycles. The molecule has 0 radical (unpaired) electrons. The van der Waals surface area contributed by atoms with Gasteiger partial charge in [-0.2, -0.15) is 0 Å². The molecule has 0 aliphatic carbocycles. The maximum Gasteiger partial charge on any atom is 0.180 e. The Hall–Kier alpha value is -3.80. The predicted octanol–water partition coefficient (Wildman–Crippen LogP) is 3.90. The van der Waals surface area contributed by atoms with Crippen molar-refractivity contribution in [2.45, 2.75) is 6.92 Å². The summed E-state index contributed by atoms with van der Waals surface area (Å²) in [7, 11) is 0. The zero-order chi connectivity index (χ0) is 18.4. The summed E-state index contributed by atoms with van der Waals surface area (Å²) in [5.41, 5.74) is 12.4. The SMILES string of the molecule is Cc1cc(-c2nc(N)c3nccn3c2-c2ccc3ncccc3c2)ccn1. The fourth-order valence-electron chi connectivity index (χ4n) is 3.40. The number of rotatable bonds is 2. The maximum atomic E-state index is 6.19. The summed E-state index contributed by atoms with van der Waals surface area (Å²) in [6, 6.07) is 14.1. The van der Waals surface area contributed by atoms with Gasteiger partial charge in [-0.05, 0) is 37.3 Å². The quantitative estimate of drug-likeness (QED) is 0.521. The van der Waals surface area contributed by atoms with Crippen molar-refractivity contribution in [2.24, 2.45) is 0 Å². The third-order valence-electron chi connectivity index (χ3n) is 4.61. The van der Waals surface area contributed by atoms with Gasteiger partial charge in [0.05, 0.1) is 16.9 Å². The molecule has 27 heavy (non-hydrogen) atoms. The third-order valence-corrected chi connectivity index (χ3v) is 4.61. The van der Waals surface area contributed by atoms with Gasteiger partial charge in [0, 0.05) is 47.0 Å². The number of aryl methyl sites for hydroxylation is 1. The van der Waals surface area contributed by atoms with Crippen LogP contribution in [0.4, 0.5) is 5.82 Å². The Balaban J connectivity index is 1.87. The number of hydrogen-bond acceptors (Lipinski definition) is 5. The van der Waals surface area contributed by atoms with Gasteiger partial charge in [0.25, 0.3) is 0 Å². The van der Waals surface area contributed by atoms with Crippen molar-refractivity contribution in [3.63, 3.8) is 0 Å². The smallest absolute Gasteiger partial charge is 0.180 e. The summed E-state index contributed by atoms with van der Waals surface area (Å²) in [6.07, 6.45) is 7.23. The molecule has 0 aliphatic rings. The molecule has 4 heterocycles. The van der Waals surface area contributed by atoms with Crippen LogP contribution in [0.3, 0.4) is 0 Å². The van der Waals surface area contributed by atoms with Gasteiger partial charge >= 0.3 is 0 Å². The fourth-order valence-corrected chi connectivity index (χ4v) is 3.40. The summed E-state index contributed by atoms with van der Waals surface area (Å²) >= 11 is 0. The zero-order valence-electron chi connectivity index (χ0n) is 14.7. The van der Waals surface area contributed by atoms with Crippen LogP contribution in [-0.4, -0.2) is 24.3 Å². The normalized spacial score (nSPS) is 11.3. The number of anilines is 1. The Morgan fingerprint density at radius 2 is 1.81 bits per heavy atom. The number of nitrogens with zero attached hydrogens (tertiary/aromatic N) is 5. The van der Waals surface area contributed by atoms with Crippen molar-refractivity contribution < 1.29 is 0 Å². The minimum absolute atomic E-state index is 0.399. The molecule has 4 aromatic heterocycles. The Morgan fingerprint density at radius 1 is 0.889 bits per heavy atom. The molecule has 6 heteroatoms. The van der Waals surface area contributed by atoms with Crippen molar-refractivity contribution in [3.8, 4) is 22.5 Å². The summed E-state index contributed by atoms with van der Waals surface area (Å²) in [4.78, 5) is 17.8. The monoisotopic (exact) mass is 352 g/mol. The molecule has 2 N–H and O–H groups in total. The molecule has 5 aromatic rings. The highest BCUT2D eigenvalue weighted by Crippen LogP contribution is 2.34. The first-order valence-corrected chi connectivity index (χ1v) is 8.61. The highest BCUT2D eigenvalue weighted by atomic mass is 15.1. The maximum absolute atomic E-state index is 6.19. The van der Waals surface area contributed by atoms with Crippen molar-refractivity contribution in [1.82, 2.24) is 24.3 Å². The second-order valence-electron chi connectivity index (χ2n) is 6.41. The Morgan fingerprint density at radius 3 is 2.70 bits per heavy atom. The standard InChI is InChI=1S/C21H16N6/c1-13-11-15(6-8-23-13)18-19(27-10-9-25-21(27)20(22)26-18)16-4-5-17-14(12-16)3-2-7-24-17/h2-12H,1H3,(H2,22,26). The molecular formula is C21H16N6. The van der Waals surface area contributed by atoms with E-state index in [-0.39, 0.29) is 0 Å². The number of aromatic nitrogens is 5.